The Morgan fingerprint density at radius 2 is 1.94 bits per heavy atom. The summed E-state index contributed by atoms with van der Waals surface area (Å²) in [5.74, 6) is 0. The van der Waals surface area contributed by atoms with E-state index in [1.54, 1.807) is 4.57 Å². The topological polar surface area (TPSA) is 60.9 Å². The molecule has 1 aromatic heterocycles. The lowest BCUT2D eigenvalue weighted by atomic mass is 10.1. The summed E-state index contributed by atoms with van der Waals surface area (Å²) in [4.78, 5) is 15.8. The van der Waals surface area contributed by atoms with Gasteiger partial charge < -0.3 is 5.73 Å². The molecule has 1 aromatic carbocycles. The van der Waals surface area contributed by atoms with Crippen LogP contribution in [0.5, 0.6) is 0 Å². The zero-order valence-electron chi connectivity index (χ0n) is 10.7. The molecule has 0 radical (unpaired) electrons. The third kappa shape index (κ3) is 2.65. The Balaban J connectivity index is 2.37. The maximum Gasteiger partial charge on any atom is 0.348 e. The van der Waals surface area contributed by atoms with Crippen molar-refractivity contribution in [3.05, 3.63) is 63.3 Å². The van der Waals surface area contributed by atoms with Gasteiger partial charge in [0.1, 0.15) is 0 Å². The molecule has 2 aromatic rings. The number of aromatic nitrogens is 2. The summed E-state index contributed by atoms with van der Waals surface area (Å²) in [7, 11) is 0. The summed E-state index contributed by atoms with van der Waals surface area (Å²) in [6.07, 6.45) is 0. The van der Waals surface area contributed by atoms with E-state index in [4.69, 9.17) is 5.73 Å². The zero-order chi connectivity index (χ0) is 13.1. The first-order valence-corrected chi connectivity index (χ1v) is 5.93. The molecule has 0 amide bonds. The van der Waals surface area contributed by atoms with E-state index in [0.29, 0.717) is 13.1 Å². The fourth-order valence-corrected chi connectivity index (χ4v) is 2.00. The second kappa shape index (κ2) is 5.14. The molecule has 0 aliphatic rings. The lowest BCUT2D eigenvalue weighted by Crippen LogP contribution is -2.26. The van der Waals surface area contributed by atoms with Crippen molar-refractivity contribution in [2.75, 3.05) is 0 Å². The number of aryl methyl sites for hydroxylation is 2. The monoisotopic (exact) mass is 243 g/mol. The summed E-state index contributed by atoms with van der Waals surface area (Å²) in [6.45, 7) is 4.79. The summed E-state index contributed by atoms with van der Waals surface area (Å²) < 4.78 is 1.67. The van der Waals surface area contributed by atoms with E-state index < -0.39 is 0 Å². The Hall–Kier alpha value is -1.94. The molecule has 0 saturated heterocycles. The highest BCUT2D eigenvalue weighted by Crippen LogP contribution is 2.07. The van der Waals surface area contributed by atoms with Crippen molar-refractivity contribution in [2.45, 2.75) is 26.9 Å². The van der Waals surface area contributed by atoms with E-state index in [-0.39, 0.29) is 5.69 Å². The molecule has 2 N–H and O–H groups in total. The third-order valence-corrected chi connectivity index (χ3v) is 2.91. The minimum atomic E-state index is -0.203. The molecule has 0 saturated carbocycles. The van der Waals surface area contributed by atoms with Gasteiger partial charge in [-0.3, -0.25) is 4.57 Å². The Labute approximate surface area is 106 Å². The Kier molecular flexibility index (Phi) is 3.58. The van der Waals surface area contributed by atoms with E-state index in [2.05, 4.69) is 4.98 Å². The highest BCUT2D eigenvalue weighted by Gasteiger charge is 2.04. The molecule has 18 heavy (non-hydrogen) atoms. The van der Waals surface area contributed by atoms with Gasteiger partial charge >= 0.3 is 5.69 Å². The van der Waals surface area contributed by atoms with Crippen molar-refractivity contribution in [2.24, 2.45) is 5.73 Å². The molecule has 4 heteroatoms. The second-order valence-corrected chi connectivity index (χ2v) is 4.43. The third-order valence-electron chi connectivity index (χ3n) is 2.91. The van der Waals surface area contributed by atoms with Crippen molar-refractivity contribution >= 4 is 0 Å². The van der Waals surface area contributed by atoms with Gasteiger partial charge in [0.15, 0.2) is 0 Å². The summed E-state index contributed by atoms with van der Waals surface area (Å²) >= 11 is 0. The smallest absolute Gasteiger partial charge is 0.326 e. The van der Waals surface area contributed by atoms with Crippen molar-refractivity contribution in [1.82, 2.24) is 9.55 Å². The molecule has 0 fully saturated rings. The number of rotatable bonds is 3. The molecule has 0 aliphatic heterocycles. The number of hydrogen-bond donors (Lipinski definition) is 1. The average Bonchev–Trinajstić information content (AvgIpc) is 2.34. The van der Waals surface area contributed by atoms with E-state index in [1.165, 1.54) is 0 Å². The standard InChI is InChI=1S/C14H17N3O/c1-10-6-11(2)17(14(18)16-10)9-13-5-3-4-12(7-13)8-15/h3-7H,8-9,15H2,1-2H3. The van der Waals surface area contributed by atoms with E-state index in [0.717, 1.165) is 22.5 Å². The van der Waals surface area contributed by atoms with Crippen LogP contribution >= 0.6 is 0 Å². The molecule has 0 aliphatic carbocycles. The minimum Gasteiger partial charge on any atom is -0.326 e. The predicted octanol–water partition coefficient (Wildman–Crippen LogP) is 1.37. The van der Waals surface area contributed by atoms with Crippen LogP contribution in [0.3, 0.4) is 0 Å². The van der Waals surface area contributed by atoms with Gasteiger partial charge in [0.05, 0.1) is 6.54 Å². The molecular weight excluding hydrogens is 226 g/mol. The molecule has 1 heterocycles. The fraction of sp³-hybridized carbons (Fsp3) is 0.286. The largest absolute Gasteiger partial charge is 0.348 e. The Morgan fingerprint density at radius 1 is 1.22 bits per heavy atom. The maximum atomic E-state index is 11.8. The van der Waals surface area contributed by atoms with Gasteiger partial charge in [-0.25, -0.2) is 4.79 Å². The average molecular weight is 243 g/mol. The zero-order valence-corrected chi connectivity index (χ0v) is 10.7. The van der Waals surface area contributed by atoms with Gasteiger partial charge in [0.25, 0.3) is 0 Å². The molecule has 0 bridgehead atoms. The van der Waals surface area contributed by atoms with Gasteiger partial charge in [-0.15, -0.1) is 0 Å². The van der Waals surface area contributed by atoms with Gasteiger partial charge in [-0.05, 0) is 31.0 Å². The van der Waals surface area contributed by atoms with Crippen LogP contribution in [-0.2, 0) is 13.1 Å². The highest BCUT2D eigenvalue weighted by atomic mass is 16.1. The van der Waals surface area contributed by atoms with Crippen LogP contribution in [0, 0.1) is 13.8 Å². The van der Waals surface area contributed by atoms with Crippen LogP contribution < -0.4 is 11.4 Å². The molecule has 4 nitrogen and oxygen atoms in total. The minimum absolute atomic E-state index is 0.203. The summed E-state index contributed by atoms with van der Waals surface area (Å²) in [6, 6.07) is 9.86. The van der Waals surface area contributed by atoms with E-state index in [9.17, 15) is 4.79 Å². The fourth-order valence-electron chi connectivity index (χ4n) is 2.00. The number of nitrogens with two attached hydrogens (primary N) is 1. The van der Waals surface area contributed by atoms with Crippen LogP contribution in [0.4, 0.5) is 0 Å². The van der Waals surface area contributed by atoms with Crippen LogP contribution in [0.1, 0.15) is 22.5 Å². The number of hydrogen-bond acceptors (Lipinski definition) is 3. The molecule has 94 valence electrons. The molecule has 0 atom stereocenters. The summed E-state index contributed by atoms with van der Waals surface area (Å²) in [5, 5.41) is 0. The number of nitrogens with zero attached hydrogens (tertiary/aromatic N) is 2. The maximum absolute atomic E-state index is 11.8. The van der Waals surface area contributed by atoms with Crippen molar-refractivity contribution in [3.63, 3.8) is 0 Å². The lowest BCUT2D eigenvalue weighted by Gasteiger charge is -2.10. The lowest BCUT2D eigenvalue weighted by molar-refractivity contribution is 0.693. The van der Waals surface area contributed by atoms with Crippen LogP contribution in [0.25, 0.3) is 0 Å². The number of benzene rings is 1. The van der Waals surface area contributed by atoms with E-state index in [1.807, 2.05) is 44.2 Å². The Morgan fingerprint density at radius 3 is 2.61 bits per heavy atom. The highest BCUT2D eigenvalue weighted by molar-refractivity contribution is 5.24. The van der Waals surface area contributed by atoms with Gasteiger partial charge in [0, 0.05) is 17.9 Å². The normalized spacial score (nSPS) is 10.6. The SMILES string of the molecule is Cc1cc(C)n(Cc2cccc(CN)c2)c(=O)n1. The first-order valence-electron chi connectivity index (χ1n) is 5.93. The van der Waals surface area contributed by atoms with E-state index >= 15 is 0 Å². The van der Waals surface area contributed by atoms with Crippen molar-refractivity contribution < 1.29 is 0 Å². The molecule has 0 unspecified atom stereocenters. The molecule has 0 spiro atoms. The van der Waals surface area contributed by atoms with Gasteiger partial charge in [-0.1, -0.05) is 24.3 Å². The molecule has 2 rings (SSSR count). The van der Waals surface area contributed by atoms with Gasteiger partial charge in [-0.2, -0.15) is 4.98 Å². The van der Waals surface area contributed by atoms with Crippen molar-refractivity contribution in [1.29, 1.82) is 0 Å². The quantitative estimate of drug-likeness (QED) is 0.885. The Bertz CT molecular complexity index is 617. The molecular formula is C14H17N3O. The van der Waals surface area contributed by atoms with Crippen molar-refractivity contribution in [3.8, 4) is 0 Å². The van der Waals surface area contributed by atoms with Crippen LogP contribution in [0.15, 0.2) is 35.1 Å². The second-order valence-electron chi connectivity index (χ2n) is 4.43. The first kappa shape index (κ1) is 12.5. The van der Waals surface area contributed by atoms with Gasteiger partial charge in [0.2, 0.25) is 0 Å². The van der Waals surface area contributed by atoms with Crippen LogP contribution in [0.2, 0.25) is 0 Å². The first-order chi connectivity index (χ1) is 8.60. The van der Waals surface area contributed by atoms with Crippen LogP contribution in [-0.4, -0.2) is 9.55 Å². The summed E-state index contributed by atoms with van der Waals surface area (Å²) in [5.41, 5.74) is 9.22. The predicted molar refractivity (Wildman–Crippen MR) is 71.4 cm³/mol.